The third-order valence-corrected chi connectivity index (χ3v) is 44.8. The highest BCUT2D eigenvalue weighted by molar-refractivity contribution is 7.50. The van der Waals surface area contributed by atoms with Crippen LogP contribution in [0.2, 0.25) is 3.91 Å². The molecule has 0 aliphatic heterocycles. The van der Waals surface area contributed by atoms with E-state index in [-0.39, 0.29) is 0 Å². The molecule has 0 unspecified atom stereocenters. The molecule has 0 bridgehead atoms. The van der Waals surface area contributed by atoms with E-state index in [0.29, 0.717) is 0 Å². The van der Waals surface area contributed by atoms with Crippen molar-refractivity contribution < 1.29 is 0 Å². The molecule has 0 radical (unpaired) electrons. The summed E-state index contributed by atoms with van der Waals surface area (Å²) in [7, 11) is -14.5. The fourth-order valence-corrected chi connectivity index (χ4v) is 54.1. The molecule has 0 saturated heterocycles. The minimum atomic E-state index is -3.63. The maximum Gasteiger partial charge on any atom is 0.141 e. The zero-order chi connectivity index (χ0) is 42.2. The van der Waals surface area contributed by atoms with Crippen molar-refractivity contribution in [3.8, 4) is 0 Å². The second-order valence-corrected chi connectivity index (χ2v) is 34.4. The molecule has 0 heterocycles. The topological polar surface area (TPSA) is 0 Å². The quantitative estimate of drug-likeness (QED) is 0.0860. The van der Waals surface area contributed by atoms with Gasteiger partial charge in [0.25, 0.3) is 0 Å². The molecule has 0 atom stereocenters. The van der Waals surface area contributed by atoms with Gasteiger partial charge in [0.2, 0.25) is 0 Å². The van der Waals surface area contributed by atoms with E-state index < -0.39 is 36.2 Å². The van der Waals surface area contributed by atoms with Crippen molar-refractivity contribution in [2.24, 2.45) is 0 Å². The summed E-state index contributed by atoms with van der Waals surface area (Å²) in [6, 6.07) is 91.6. The zero-order valence-electron chi connectivity index (χ0n) is 34.7. The minimum absolute atomic E-state index is 0.732. The average Bonchev–Trinajstić information content (AvgIpc) is 3.36. The van der Waals surface area contributed by atoms with Crippen molar-refractivity contribution in [2.45, 2.75) is 3.91 Å². The third-order valence-electron chi connectivity index (χ3n) is 13.4. The molecule has 0 aliphatic rings. The summed E-state index contributed by atoms with van der Waals surface area (Å²) in [6.45, 7) is 20.7. The summed E-state index contributed by atoms with van der Waals surface area (Å²) in [5.41, 5.74) is 9.90. The van der Waals surface area contributed by atoms with Crippen LogP contribution in [0, 0.1) is 0 Å². The van der Waals surface area contributed by atoms with Crippen LogP contribution in [0.4, 0.5) is 0 Å². The number of benzene rings is 8. The smallest absolute Gasteiger partial charge is 0.106 e. The Labute approximate surface area is 367 Å². The minimum Gasteiger partial charge on any atom is -0.106 e. The van der Waals surface area contributed by atoms with Crippen LogP contribution < -0.4 is 41.5 Å². The van der Waals surface area contributed by atoms with Crippen LogP contribution in [0.1, 0.15) is 0 Å². The summed E-state index contributed by atoms with van der Waals surface area (Å²) in [6.07, 6.45) is 0. The number of rotatable bonds is 16. The van der Waals surface area contributed by atoms with Gasteiger partial charge in [-0.1, -0.05) is 307 Å². The van der Waals surface area contributed by atoms with E-state index in [9.17, 15) is 0 Å². The lowest BCUT2D eigenvalue weighted by Crippen LogP contribution is -2.98. The number of hydrogen-bond donors (Lipinski definition) is 0. The lowest BCUT2D eigenvalue weighted by molar-refractivity contribution is 1.31. The molecular formula is C57H52Si4. The Morgan fingerprint density at radius 2 is 0.328 bits per heavy atom. The van der Waals surface area contributed by atoms with Crippen molar-refractivity contribution >= 4 is 73.8 Å². The molecule has 0 amide bonds. The summed E-state index contributed by atoms with van der Waals surface area (Å²) >= 11 is 0. The van der Waals surface area contributed by atoms with Gasteiger partial charge in [-0.25, -0.2) is 0 Å². The zero-order valence-corrected chi connectivity index (χ0v) is 38.7. The first-order valence-corrected chi connectivity index (χ1v) is 29.4. The molecule has 0 spiro atoms. The summed E-state index contributed by atoms with van der Waals surface area (Å²) in [5.74, 6) is 0. The molecule has 0 aliphatic carbocycles. The first-order valence-electron chi connectivity index (χ1n) is 21.1. The highest BCUT2D eigenvalue weighted by Crippen LogP contribution is 2.60. The Morgan fingerprint density at radius 3 is 0.426 bits per heavy atom. The monoisotopic (exact) mass is 848 g/mol. The van der Waals surface area contributed by atoms with Gasteiger partial charge < -0.3 is 0 Å². The summed E-state index contributed by atoms with van der Waals surface area (Å²) in [4.78, 5) is 0. The third kappa shape index (κ3) is 6.05. The van der Waals surface area contributed by atoms with E-state index in [4.69, 9.17) is 26.3 Å². The normalized spacial score (nSPS) is 12.2. The molecule has 296 valence electrons. The van der Waals surface area contributed by atoms with Gasteiger partial charge in [0.05, 0.1) is 0 Å². The first kappa shape index (κ1) is 41.3. The Kier molecular flexibility index (Phi) is 12.0. The van der Waals surface area contributed by atoms with E-state index in [1.54, 1.807) is 0 Å². The summed E-state index contributed by atoms with van der Waals surface area (Å²) in [5, 5.41) is 10.4. The van der Waals surface area contributed by atoms with Gasteiger partial charge in [0.1, 0.15) is 32.3 Å². The van der Waals surface area contributed by atoms with Gasteiger partial charge in [0.15, 0.2) is 0 Å². The fourth-order valence-electron chi connectivity index (χ4n) is 11.4. The highest BCUT2D eigenvalue weighted by atomic mass is 28.5. The Hall–Kier alpha value is -6.41. The van der Waals surface area contributed by atoms with Crippen molar-refractivity contribution in [1.82, 2.24) is 0 Å². The van der Waals surface area contributed by atoms with Crippen LogP contribution in [0.5, 0.6) is 0 Å². The van der Waals surface area contributed by atoms with Crippen LogP contribution in [-0.2, 0) is 0 Å². The van der Waals surface area contributed by atoms with Crippen LogP contribution >= 0.6 is 0 Å². The predicted molar refractivity (Wildman–Crippen MR) is 275 cm³/mol. The van der Waals surface area contributed by atoms with Crippen LogP contribution in [0.15, 0.2) is 292 Å². The first-order chi connectivity index (χ1) is 30.1. The largest absolute Gasteiger partial charge is 0.141 e. The molecule has 0 saturated carbocycles. The van der Waals surface area contributed by atoms with Gasteiger partial charge in [-0.05, 0) is 3.91 Å². The molecule has 8 aromatic carbocycles. The van der Waals surface area contributed by atoms with Crippen LogP contribution in [0.25, 0.3) is 0 Å². The molecule has 0 fully saturated rings. The van der Waals surface area contributed by atoms with Crippen LogP contribution in [-0.4, -0.2) is 32.3 Å². The SMILES string of the molecule is C=C[Si](c1ccccc1)(c1ccccc1)C([Si](C=C)(c1ccccc1)c1ccccc1)([Si](C=C)(c1ccccc1)c1ccccc1)[Si](C=C)(c1ccccc1)c1ccccc1. The molecule has 61 heavy (non-hydrogen) atoms. The standard InChI is InChI=1S/C57H52Si4/c1-5-58(49-33-17-9-18-34-49,50-35-19-10-20-36-50)57(59(6-2,51-37-21-11-22-38-51)52-39-23-12-24-40-52,60(7-3,53-41-25-13-26-42-53)54-43-27-14-28-44-54)61(8-4,55-45-29-15-30-46-55)56-47-31-16-32-48-56/h5-48H,1-4H2. The van der Waals surface area contributed by atoms with Crippen molar-refractivity contribution in [3.63, 3.8) is 0 Å². The van der Waals surface area contributed by atoms with E-state index in [2.05, 4.69) is 265 Å². The fraction of sp³-hybridized carbons (Fsp3) is 0.0175. The average molecular weight is 849 g/mol. The Bertz CT molecular complexity index is 2140. The lowest BCUT2D eigenvalue weighted by Gasteiger charge is -2.71. The van der Waals surface area contributed by atoms with Crippen molar-refractivity contribution in [2.75, 3.05) is 0 Å². The van der Waals surface area contributed by atoms with Gasteiger partial charge in [-0.2, -0.15) is 0 Å². The Balaban J connectivity index is 1.91. The number of hydrogen-bond acceptors (Lipinski definition) is 0. The molecule has 0 aromatic heterocycles. The van der Waals surface area contributed by atoms with Crippen molar-refractivity contribution in [3.05, 3.63) is 292 Å². The lowest BCUT2D eigenvalue weighted by atomic mass is 10.4. The van der Waals surface area contributed by atoms with Crippen molar-refractivity contribution in [1.29, 1.82) is 0 Å². The second-order valence-electron chi connectivity index (χ2n) is 15.7. The van der Waals surface area contributed by atoms with E-state index in [1.165, 1.54) is 41.5 Å². The molecule has 4 heteroatoms. The predicted octanol–water partition coefficient (Wildman–Crippen LogP) is 8.30. The second kappa shape index (κ2) is 17.7. The maximum atomic E-state index is 5.18. The Morgan fingerprint density at radius 1 is 0.213 bits per heavy atom. The van der Waals surface area contributed by atoms with E-state index in [1.807, 2.05) is 0 Å². The highest BCUT2D eigenvalue weighted by Gasteiger charge is 2.82. The molecule has 8 aromatic rings. The van der Waals surface area contributed by atoms with Crippen LogP contribution in [0.3, 0.4) is 0 Å². The van der Waals surface area contributed by atoms with E-state index in [0.717, 1.165) is 0 Å². The molecule has 0 N–H and O–H groups in total. The molecular weight excluding hydrogens is 797 g/mol. The summed E-state index contributed by atoms with van der Waals surface area (Å²) < 4.78 is -0.732. The van der Waals surface area contributed by atoms with Gasteiger partial charge in [-0.15, -0.1) is 26.3 Å². The van der Waals surface area contributed by atoms with Gasteiger partial charge >= 0.3 is 0 Å². The molecule has 0 nitrogen and oxygen atoms in total. The van der Waals surface area contributed by atoms with Gasteiger partial charge in [0, 0.05) is 0 Å². The maximum absolute atomic E-state index is 5.18. The van der Waals surface area contributed by atoms with Gasteiger partial charge in [-0.3, -0.25) is 0 Å². The molecule has 8 rings (SSSR count). The van der Waals surface area contributed by atoms with E-state index >= 15 is 0 Å².